The molecule has 2 saturated heterocycles. The van der Waals surface area contributed by atoms with Gasteiger partial charge in [0.25, 0.3) is 0 Å². The number of aromatic nitrogens is 2. The Labute approximate surface area is 153 Å². The summed E-state index contributed by atoms with van der Waals surface area (Å²) < 4.78 is 11.0. The summed E-state index contributed by atoms with van der Waals surface area (Å²) >= 11 is 0. The van der Waals surface area contributed by atoms with E-state index in [1.54, 1.807) is 18.9 Å². The molecule has 2 amide bonds. The summed E-state index contributed by atoms with van der Waals surface area (Å²) in [7, 11) is 1.64. The highest BCUT2D eigenvalue weighted by molar-refractivity contribution is 5.89. The van der Waals surface area contributed by atoms with E-state index in [0.717, 1.165) is 12.8 Å². The lowest BCUT2D eigenvalue weighted by atomic mass is 10.1. The number of ether oxygens (including phenoxy) is 1. The molecule has 0 N–H and O–H groups in total. The molecule has 0 aromatic carbocycles. The quantitative estimate of drug-likeness (QED) is 0.763. The van der Waals surface area contributed by atoms with E-state index in [9.17, 15) is 9.59 Å². The average Bonchev–Trinajstić information content (AvgIpc) is 3.32. The molecular weight excluding hydrogens is 336 g/mol. The first kappa shape index (κ1) is 18.8. The fraction of sp³-hybridized carbons (Fsp3) is 0.778. The Hall–Kier alpha value is -1.96. The van der Waals surface area contributed by atoms with Crippen LogP contribution in [-0.2, 0) is 14.3 Å². The maximum absolute atomic E-state index is 13.2. The molecule has 144 valence electrons. The van der Waals surface area contributed by atoms with Crippen molar-refractivity contribution in [2.45, 2.75) is 64.6 Å². The Morgan fingerprint density at radius 2 is 2.15 bits per heavy atom. The van der Waals surface area contributed by atoms with Gasteiger partial charge in [-0.3, -0.25) is 9.59 Å². The normalized spacial score (nSPS) is 27.4. The number of hydrogen-bond donors (Lipinski definition) is 0. The van der Waals surface area contributed by atoms with Crippen molar-refractivity contribution in [2.24, 2.45) is 5.92 Å². The average molecular weight is 364 g/mol. The summed E-state index contributed by atoms with van der Waals surface area (Å²) in [5.74, 6) is 0.644. The number of carbonyl (C=O) groups is 2. The van der Waals surface area contributed by atoms with Crippen molar-refractivity contribution in [1.82, 2.24) is 20.0 Å². The zero-order chi connectivity index (χ0) is 18.8. The molecule has 4 atom stereocenters. The van der Waals surface area contributed by atoms with Crippen molar-refractivity contribution in [1.29, 1.82) is 0 Å². The molecule has 1 aromatic heterocycles. The zero-order valence-electron chi connectivity index (χ0n) is 16.0. The Bertz CT molecular complexity index is 661. The van der Waals surface area contributed by atoms with E-state index < -0.39 is 0 Å². The minimum atomic E-state index is -0.316. The minimum absolute atomic E-state index is 0.0232. The van der Waals surface area contributed by atoms with Crippen LogP contribution in [0.15, 0.2) is 4.42 Å². The summed E-state index contributed by atoms with van der Waals surface area (Å²) in [6.07, 6.45) is 2.80. The molecular formula is C18H28N4O4. The van der Waals surface area contributed by atoms with Crippen LogP contribution in [0, 0.1) is 12.8 Å². The fourth-order valence-corrected chi connectivity index (χ4v) is 4.02. The summed E-state index contributed by atoms with van der Waals surface area (Å²) in [5.41, 5.74) is 0. The van der Waals surface area contributed by atoms with E-state index in [-0.39, 0.29) is 42.3 Å². The number of methoxy groups -OCH3 is 1. The van der Waals surface area contributed by atoms with Gasteiger partial charge in [0.2, 0.25) is 23.6 Å². The smallest absolute Gasteiger partial charge is 0.239 e. The van der Waals surface area contributed by atoms with E-state index in [1.807, 2.05) is 4.90 Å². The number of aryl methyl sites for hydroxylation is 1. The molecule has 2 aliphatic rings. The number of hydrogen-bond acceptors (Lipinski definition) is 6. The second-order valence-corrected chi connectivity index (χ2v) is 7.34. The van der Waals surface area contributed by atoms with Crippen LogP contribution in [0.2, 0.25) is 0 Å². The molecule has 0 radical (unpaired) electrons. The highest BCUT2D eigenvalue weighted by Gasteiger charge is 2.45. The van der Waals surface area contributed by atoms with Crippen LogP contribution in [-0.4, -0.2) is 64.2 Å². The standard InChI is InChI=1S/C18H28N4O4/c1-5-6-11(2)21-9-13(7-16(21)23)18(24)22-10-14(25-4)8-15(22)17-20-19-12(3)26-17/h11,13-15H,5-10H2,1-4H3/t11?,13?,14-,15+/m0/s1. The largest absolute Gasteiger partial charge is 0.423 e. The third-order valence-corrected chi connectivity index (χ3v) is 5.45. The maximum Gasteiger partial charge on any atom is 0.239 e. The number of nitrogens with zero attached hydrogens (tertiary/aromatic N) is 4. The van der Waals surface area contributed by atoms with Crippen LogP contribution in [0.4, 0.5) is 0 Å². The van der Waals surface area contributed by atoms with Gasteiger partial charge in [-0.25, -0.2) is 0 Å². The Kier molecular flexibility index (Phi) is 5.60. The first-order valence-electron chi connectivity index (χ1n) is 9.37. The second kappa shape index (κ2) is 7.73. The van der Waals surface area contributed by atoms with Gasteiger partial charge in [-0.2, -0.15) is 0 Å². The number of rotatable bonds is 6. The Balaban J connectivity index is 1.74. The van der Waals surface area contributed by atoms with Crippen molar-refractivity contribution in [3.8, 4) is 0 Å². The highest BCUT2D eigenvalue weighted by Crippen LogP contribution is 2.35. The van der Waals surface area contributed by atoms with Gasteiger partial charge < -0.3 is 19.0 Å². The minimum Gasteiger partial charge on any atom is -0.423 e. The maximum atomic E-state index is 13.2. The third-order valence-electron chi connectivity index (χ3n) is 5.45. The number of likely N-dealkylation sites (tertiary alicyclic amines) is 2. The molecule has 8 nitrogen and oxygen atoms in total. The van der Waals surface area contributed by atoms with Crippen LogP contribution in [0.25, 0.3) is 0 Å². The topological polar surface area (TPSA) is 88.8 Å². The van der Waals surface area contributed by atoms with E-state index in [2.05, 4.69) is 24.0 Å². The van der Waals surface area contributed by atoms with Crippen LogP contribution < -0.4 is 0 Å². The molecule has 8 heteroatoms. The van der Waals surface area contributed by atoms with E-state index in [1.165, 1.54) is 0 Å². The molecule has 0 aliphatic carbocycles. The van der Waals surface area contributed by atoms with Crippen molar-refractivity contribution in [3.05, 3.63) is 11.8 Å². The number of amides is 2. The molecule has 2 fully saturated rings. The van der Waals surface area contributed by atoms with Crippen molar-refractivity contribution >= 4 is 11.8 Å². The summed E-state index contributed by atoms with van der Waals surface area (Å²) in [5, 5.41) is 7.98. The summed E-state index contributed by atoms with van der Waals surface area (Å²) in [4.78, 5) is 29.2. The van der Waals surface area contributed by atoms with Gasteiger partial charge in [-0.05, 0) is 13.3 Å². The molecule has 1 aromatic rings. The molecule has 2 unspecified atom stereocenters. The molecule has 26 heavy (non-hydrogen) atoms. The van der Waals surface area contributed by atoms with Crippen LogP contribution in [0.1, 0.15) is 57.4 Å². The van der Waals surface area contributed by atoms with Gasteiger partial charge in [0.15, 0.2) is 0 Å². The first-order chi connectivity index (χ1) is 12.4. The molecule has 2 aliphatic heterocycles. The van der Waals surface area contributed by atoms with Crippen molar-refractivity contribution in [2.75, 3.05) is 20.2 Å². The molecule has 0 spiro atoms. The molecule has 0 bridgehead atoms. The highest BCUT2D eigenvalue weighted by atomic mass is 16.5. The van der Waals surface area contributed by atoms with E-state index >= 15 is 0 Å². The fourth-order valence-electron chi connectivity index (χ4n) is 4.02. The lowest BCUT2D eigenvalue weighted by molar-refractivity contribution is -0.137. The lowest BCUT2D eigenvalue weighted by Crippen LogP contribution is -2.39. The Morgan fingerprint density at radius 3 is 2.77 bits per heavy atom. The summed E-state index contributed by atoms with van der Waals surface area (Å²) in [6, 6.07) is -0.115. The van der Waals surface area contributed by atoms with E-state index in [0.29, 0.717) is 31.3 Å². The van der Waals surface area contributed by atoms with Gasteiger partial charge in [-0.15, -0.1) is 10.2 Å². The van der Waals surface area contributed by atoms with Gasteiger partial charge in [0.05, 0.1) is 12.0 Å². The molecule has 0 saturated carbocycles. The van der Waals surface area contributed by atoms with Gasteiger partial charge in [0.1, 0.15) is 6.04 Å². The van der Waals surface area contributed by atoms with Crippen LogP contribution in [0.5, 0.6) is 0 Å². The van der Waals surface area contributed by atoms with Gasteiger partial charge in [0, 0.05) is 46.0 Å². The number of carbonyl (C=O) groups excluding carboxylic acids is 2. The lowest BCUT2D eigenvalue weighted by Gasteiger charge is -2.27. The van der Waals surface area contributed by atoms with Crippen molar-refractivity contribution < 1.29 is 18.7 Å². The SMILES string of the molecule is CCCC(C)N1CC(C(=O)N2C[C@@H](OC)C[C@@H]2c2nnc(C)o2)CC1=O. The van der Waals surface area contributed by atoms with Gasteiger partial charge in [-0.1, -0.05) is 13.3 Å². The molecule has 3 rings (SSSR count). The van der Waals surface area contributed by atoms with Crippen LogP contribution >= 0.6 is 0 Å². The second-order valence-electron chi connectivity index (χ2n) is 7.34. The predicted octanol–water partition coefficient (Wildman–Crippen LogP) is 1.70. The monoisotopic (exact) mass is 364 g/mol. The van der Waals surface area contributed by atoms with E-state index in [4.69, 9.17) is 9.15 Å². The van der Waals surface area contributed by atoms with Crippen molar-refractivity contribution in [3.63, 3.8) is 0 Å². The zero-order valence-corrected chi connectivity index (χ0v) is 16.0. The third kappa shape index (κ3) is 3.60. The van der Waals surface area contributed by atoms with Gasteiger partial charge >= 0.3 is 0 Å². The summed E-state index contributed by atoms with van der Waals surface area (Å²) in [6.45, 7) is 6.86. The Morgan fingerprint density at radius 1 is 1.38 bits per heavy atom. The first-order valence-corrected chi connectivity index (χ1v) is 9.37. The predicted molar refractivity (Wildman–Crippen MR) is 93.1 cm³/mol. The van der Waals surface area contributed by atoms with Crippen LogP contribution in [0.3, 0.4) is 0 Å². The molecule has 3 heterocycles.